The van der Waals surface area contributed by atoms with Gasteiger partial charge in [-0.05, 0) is 34.4 Å². The van der Waals surface area contributed by atoms with Crippen molar-refractivity contribution in [1.82, 2.24) is 0 Å². The Hall–Kier alpha value is -7.02. The van der Waals surface area contributed by atoms with Crippen molar-refractivity contribution < 1.29 is 58.4 Å². The number of ether oxygens (including phenoxy) is 6. The van der Waals surface area contributed by atoms with E-state index in [2.05, 4.69) is 0 Å². The molecule has 58 heavy (non-hydrogen) atoms. The lowest BCUT2D eigenvalue weighted by Gasteiger charge is -2.29. The largest absolute Gasteiger partial charge is 0.504 e. The third kappa shape index (κ3) is 9.15. The third-order valence-corrected chi connectivity index (χ3v) is 9.33. The van der Waals surface area contributed by atoms with E-state index in [4.69, 9.17) is 28.4 Å². The molecule has 1 heterocycles. The third-order valence-electron chi connectivity index (χ3n) is 9.33. The van der Waals surface area contributed by atoms with Gasteiger partial charge >= 0.3 is 11.9 Å². The maximum absolute atomic E-state index is 14.4. The molecule has 296 valence electrons. The van der Waals surface area contributed by atoms with Gasteiger partial charge in [-0.3, -0.25) is 0 Å². The van der Waals surface area contributed by atoms with Crippen LogP contribution in [0.4, 0.5) is 0 Å². The van der Waals surface area contributed by atoms with Crippen LogP contribution in [-0.4, -0.2) is 57.8 Å². The van der Waals surface area contributed by atoms with Crippen LogP contribution in [-0.2, 0) is 45.4 Å². The Kier molecular flexibility index (Phi) is 12.4. The van der Waals surface area contributed by atoms with E-state index in [1.165, 1.54) is 0 Å². The molecule has 0 saturated carbocycles. The van der Waals surface area contributed by atoms with E-state index in [-0.39, 0.29) is 39.6 Å². The maximum Gasteiger partial charge on any atom is 0.339 e. The van der Waals surface area contributed by atoms with Gasteiger partial charge in [-0.2, -0.15) is 0 Å². The summed E-state index contributed by atoms with van der Waals surface area (Å²) in [6.07, 6.45) is -2.58. The minimum Gasteiger partial charge on any atom is -0.504 e. The van der Waals surface area contributed by atoms with E-state index in [0.717, 1.165) is 23.3 Å². The molecule has 1 aliphatic rings. The van der Waals surface area contributed by atoms with Crippen LogP contribution in [0.1, 0.15) is 43.0 Å². The monoisotopic (exact) mass is 784 g/mol. The van der Waals surface area contributed by atoms with Crippen LogP contribution in [0, 0.1) is 0 Å². The first-order valence-corrected chi connectivity index (χ1v) is 18.4. The standard InChI is InChI=1S/C46H40O12/c47-35-21-33-39(41(49)43(35)55-25-31-17-9-3-10-18-31)40-34(22-36(48)44(42(40)50)56-26-32-19-11-4-12-20-32)46(52)58-38(28-54-24-30-15-7-2-8-16-30)37(57-45(33)51)27-53-23-29-13-5-1-6-14-29/h1-22,37-38,47-50H,23-28H2/t37-,38-/m0/s1. The summed E-state index contributed by atoms with van der Waals surface area (Å²) in [5, 5.41) is 46.4. The van der Waals surface area contributed by atoms with Gasteiger partial charge in [0, 0.05) is 11.1 Å². The van der Waals surface area contributed by atoms with Crippen LogP contribution in [0.25, 0.3) is 11.1 Å². The summed E-state index contributed by atoms with van der Waals surface area (Å²) in [7, 11) is 0. The fraction of sp³-hybridized carbons (Fsp3) is 0.174. The summed E-state index contributed by atoms with van der Waals surface area (Å²) in [5.74, 6) is -5.98. The zero-order chi connectivity index (χ0) is 40.4. The van der Waals surface area contributed by atoms with Gasteiger partial charge in [-0.1, -0.05) is 121 Å². The number of hydrogen-bond acceptors (Lipinski definition) is 12. The zero-order valence-electron chi connectivity index (χ0n) is 31.2. The van der Waals surface area contributed by atoms with E-state index in [1.54, 1.807) is 48.5 Å². The van der Waals surface area contributed by atoms with Crippen LogP contribution in [0.2, 0.25) is 0 Å². The van der Waals surface area contributed by atoms with Crippen molar-refractivity contribution in [2.45, 2.75) is 38.6 Å². The second-order valence-electron chi connectivity index (χ2n) is 13.4. The average molecular weight is 785 g/mol. The minimum atomic E-state index is -1.29. The van der Waals surface area contributed by atoms with Crippen molar-refractivity contribution in [1.29, 1.82) is 0 Å². The zero-order valence-corrected chi connectivity index (χ0v) is 31.2. The fourth-order valence-corrected chi connectivity index (χ4v) is 6.42. The van der Waals surface area contributed by atoms with E-state index in [9.17, 15) is 30.0 Å². The lowest BCUT2D eigenvalue weighted by Crippen LogP contribution is -2.42. The first-order chi connectivity index (χ1) is 28.3. The predicted octanol–water partition coefficient (Wildman–Crippen LogP) is 7.83. The Balaban J connectivity index is 1.32. The quantitative estimate of drug-likeness (QED) is 0.0791. The summed E-state index contributed by atoms with van der Waals surface area (Å²) < 4.78 is 35.7. The SMILES string of the molecule is O=C1O[C@@H](COCc2ccccc2)[C@H](COCc2ccccc2)OC(=O)c2cc(O)c(OCc3ccccc3)c(O)c2-c2c1cc(O)c(OCc1ccccc1)c2O. The van der Waals surface area contributed by atoms with E-state index < -0.39 is 80.9 Å². The van der Waals surface area contributed by atoms with Gasteiger partial charge in [0.15, 0.2) is 35.2 Å². The molecule has 2 atom stereocenters. The molecule has 0 radical (unpaired) electrons. The van der Waals surface area contributed by atoms with E-state index in [1.807, 2.05) is 72.8 Å². The van der Waals surface area contributed by atoms with Crippen LogP contribution in [0.3, 0.4) is 0 Å². The molecule has 6 aromatic rings. The van der Waals surface area contributed by atoms with Crippen molar-refractivity contribution in [3.05, 3.63) is 167 Å². The summed E-state index contributed by atoms with van der Waals surface area (Å²) >= 11 is 0. The molecule has 4 N–H and O–H groups in total. The Morgan fingerprint density at radius 1 is 0.448 bits per heavy atom. The highest BCUT2D eigenvalue weighted by atomic mass is 16.6. The summed E-state index contributed by atoms with van der Waals surface area (Å²) in [5.41, 5.74) is 1.22. The molecule has 0 bridgehead atoms. The first kappa shape index (κ1) is 39.2. The Morgan fingerprint density at radius 3 is 1.09 bits per heavy atom. The van der Waals surface area contributed by atoms with Crippen molar-refractivity contribution in [2.75, 3.05) is 13.2 Å². The van der Waals surface area contributed by atoms with E-state index >= 15 is 0 Å². The van der Waals surface area contributed by atoms with Crippen molar-refractivity contribution in [3.8, 4) is 45.6 Å². The van der Waals surface area contributed by atoms with Crippen LogP contribution < -0.4 is 9.47 Å². The number of esters is 2. The molecule has 0 aliphatic carbocycles. The molecule has 0 unspecified atom stereocenters. The lowest BCUT2D eigenvalue weighted by molar-refractivity contribution is -0.0931. The van der Waals surface area contributed by atoms with E-state index in [0.29, 0.717) is 11.1 Å². The van der Waals surface area contributed by atoms with Gasteiger partial charge in [-0.15, -0.1) is 0 Å². The number of hydrogen-bond donors (Lipinski definition) is 4. The molecule has 0 spiro atoms. The molecule has 0 amide bonds. The minimum absolute atomic E-state index is 0.113. The molecular formula is C46H40O12. The Morgan fingerprint density at radius 2 is 0.759 bits per heavy atom. The van der Waals surface area contributed by atoms with Gasteiger partial charge in [0.05, 0.1) is 37.6 Å². The van der Waals surface area contributed by atoms with Gasteiger partial charge in [0.2, 0.25) is 11.5 Å². The molecule has 7 rings (SSSR count). The predicted molar refractivity (Wildman–Crippen MR) is 211 cm³/mol. The first-order valence-electron chi connectivity index (χ1n) is 18.4. The highest BCUT2D eigenvalue weighted by Crippen LogP contribution is 2.54. The maximum atomic E-state index is 14.4. The van der Waals surface area contributed by atoms with Crippen LogP contribution in [0.15, 0.2) is 133 Å². The van der Waals surface area contributed by atoms with Gasteiger partial charge < -0.3 is 48.8 Å². The summed E-state index contributed by atoms with van der Waals surface area (Å²) in [6.45, 7) is -0.520. The molecule has 0 saturated heterocycles. The van der Waals surface area contributed by atoms with Gasteiger partial charge in [0.1, 0.15) is 13.2 Å². The Labute approximate surface area is 334 Å². The number of carbonyl (C=O) groups is 2. The fourth-order valence-electron chi connectivity index (χ4n) is 6.42. The number of aromatic hydroxyl groups is 4. The second-order valence-corrected chi connectivity index (χ2v) is 13.4. The molecule has 1 aliphatic heterocycles. The normalized spacial score (nSPS) is 15.0. The smallest absolute Gasteiger partial charge is 0.339 e. The van der Waals surface area contributed by atoms with Crippen LogP contribution in [0.5, 0.6) is 34.5 Å². The molecule has 6 aromatic carbocycles. The van der Waals surface area contributed by atoms with Gasteiger partial charge in [-0.25, -0.2) is 9.59 Å². The molecule has 12 nitrogen and oxygen atoms in total. The van der Waals surface area contributed by atoms with Gasteiger partial charge in [0.25, 0.3) is 0 Å². The average Bonchev–Trinajstić information content (AvgIpc) is 3.24. The number of rotatable bonds is 14. The van der Waals surface area contributed by atoms with Crippen molar-refractivity contribution >= 4 is 11.9 Å². The number of benzene rings is 6. The van der Waals surface area contributed by atoms with Crippen molar-refractivity contribution in [3.63, 3.8) is 0 Å². The van der Waals surface area contributed by atoms with Crippen molar-refractivity contribution in [2.24, 2.45) is 0 Å². The Bertz CT molecular complexity index is 2170. The molecular weight excluding hydrogens is 744 g/mol. The molecule has 0 fully saturated rings. The topological polar surface area (TPSA) is 170 Å². The number of phenols is 4. The summed E-state index contributed by atoms with van der Waals surface area (Å²) in [4.78, 5) is 28.8. The molecule has 0 aromatic heterocycles. The molecule has 12 heteroatoms. The highest BCUT2D eigenvalue weighted by molar-refractivity contribution is 6.08. The highest BCUT2D eigenvalue weighted by Gasteiger charge is 2.38. The second kappa shape index (κ2) is 18.3. The number of phenolic OH excluding ortho intramolecular Hbond substituents is 4. The number of cyclic esters (lactones) is 2. The summed E-state index contributed by atoms with van der Waals surface area (Å²) in [6, 6.07) is 38.4. The number of carbonyl (C=O) groups excluding carboxylic acids is 2. The lowest BCUT2D eigenvalue weighted by atomic mass is 9.91. The van der Waals surface area contributed by atoms with Crippen LogP contribution >= 0.6 is 0 Å². The number of fused-ring (bicyclic) bond motifs is 3.